The second-order valence-corrected chi connectivity index (χ2v) is 5.32. The number of sulfonamides is 1. The third-order valence-corrected chi connectivity index (χ3v) is 3.61. The molecule has 0 amide bonds. The Hall–Kier alpha value is -2.13. The maximum absolute atomic E-state index is 11.8. The Balaban J connectivity index is 1.99. The lowest BCUT2D eigenvalue weighted by atomic mass is 10.5. The van der Waals surface area contributed by atoms with E-state index in [2.05, 4.69) is 9.71 Å². The maximum atomic E-state index is 11.8. The molecule has 0 saturated heterocycles. The van der Waals surface area contributed by atoms with Gasteiger partial charge in [-0.25, -0.2) is 22.9 Å². The highest BCUT2D eigenvalue weighted by Crippen LogP contribution is 2.13. The third kappa shape index (κ3) is 3.20. The maximum Gasteiger partial charge on any atom is 0.371 e. The Morgan fingerprint density at radius 3 is 2.84 bits per heavy atom. The first-order chi connectivity index (χ1) is 8.99. The summed E-state index contributed by atoms with van der Waals surface area (Å²) in [5.41, 5.74) is 0. The molecule has 0 bridgehead atoms. The number of nitrogens with zero attached hydrogens (tertiary/aromatic N) is 2. The number of aromatic carboxylic acids is 1. The van der Waals surface area contributed by atoms with Crippen LogP contribution in [0.4, 0.5) is 0 Å². The highest BCUT2D eigenvalue weighted by Gasteiger charge is 2.20. The standard InChI is InChI=1S/C10H11N3O5S/c14-10(15)8-1-2-9(18-8)19(16,17)12-4-6-13-5-3-11-7-13/h1-3,5,7,12H,4,6H2,(H,14,15). The summed E-state index contributed by atoms with van der Waals surface area (Å²) in [6, 6.07) is 2.19. The molecule has 0 spiro atoms. The second-order valence-electron chi connectivity index (χ2n) is 3.62. The molecule has 2 heterocycles. The Labute approximate surface area is 108 Å². The Kier molecular flexibility index (Phi) is 3.67. The lowest BCUT2D eigenvalue weighted by Crippen LogP contribution is -2.26. The zero-order chi connectivity index (χ0) is 13.9. The van der Waals surface area contributed by atoms with Gasteiger partial charge < -0.3 is 14.1 Å². The van der Waals surface area contributed by atoms with E-state index in [9.17, 15) is 13.2 Å². The monoisotopic (exact) mass is 285 g/mol. The average Bonchev–Trinajstić information content (AvgIpc) is 2.99. The van der Waals surface area contributed by atoms with Crippen LogP contribution in [0.25, 0.3) is 0 Å². The molecule has 2 N–H and O–H groups in total. The Morgan fingerprint density at radius 1 is 1.47 bits per heavy atom. The van der Waals surface area contributed by atoms with E-state index < -0.39 is 26.8 Å². The van der Waals surface area contributed by atoms with E-state index in [-0.39, 0.29) is 6.54 Å². The summed E-state index contributed by atoms with van der Waals surface area (Å²) in [7, 11) is -3.84. The minimum atomic E-state index is -3.84. The number of imidazole rings is 1. The lowest BCUT2D eigenvalue weighted by molar-refractivity contribution is 0.0656. The van der Waals surface area contributed by atoms with Crippen LogP contribution in [0.3, 0.4) is 0 Å². The van der Waals surface area contributed by atoms with Crippen LogP contribution < -0.4 is 4.72 Å². The van der Waals surface area contributed by atoms with Gasteiger partial charge in [0, 0.05) is 25.5 Å². The number of carboxylic acid groups (broad SMARTS) is 1. The number of hydrogen-bond donors (Lipinski definition) is 2. The zero-order valence-corrected chi connectivity index (χ0v) is 10.5. The predicted molar refractivity (Wildman–Crippen MR) is 63.1 cm³/mol. The predicted octanol–water partition coefficient (Wildman–Crippen LogP) is 0.153. The van der Waals surface area contributed by atoms with Crippen molar-refractivity contribution in [2.24, 2.45) is 0 Å². The number of carboxylic acids is 1. The molecule has 0 fully saturated rings. The van der Waals surface area contributed by atoms with Crippen LogP contribution in [-0.2, 0) is 16.6 Å². The molecule has 2 aromatic rings. The molecule has 102 valence electrons. The fraction of sp³-hybridized carbons (Fsp3) is 0.200. The quantitative estimate of drug-likeness (QED) is 0.781. The van der Waals surface area contributed by atoms with Gasteiger partial charge in [0.25, 0.3) is 10.0 Å². The first kappa shape index (κ1) is 13.3. The smallest absolute Gasteiger partial charge is 0.371 e. The fourth-order valence-corrected chi connectivity index (χ4v) is 2.33. The highest BCUT2D eigenvalue weighted by atomic mass is 32.2. The lowest BCUT2D eigenvalue weighted by Gasteiger charge is -2.04. The average molecular weight is 285 g/mol. The molecular weight excluding hydrogens is 274 g/mol. The van der Waals surface area contributed by atoms with Gasteiger partial charge in [-0.05, 0) is 12.1 Å². The summed E-state index contributed by atoms with van der Waals surface area (Å²) < 4.78 is 32.3. The summed E-state index contributed by atoms with van der Waals surface area (Å²) in [4.78, 5) is 14.4. The molecule has 0 radical (unpaired) electrons. The van der Waals surface area contributed by atoms with Crippen molar-refractivity contribution >= 4 is 16.0 Å². The third-order valence-electron chi connectivity index (χ3n) is 2.28. The van der Waals surface area contributed by atoms with Gasteiger partial charge in [0.05, 0.1) is 6.33 Å². The molecule has 0 aliphatic heterocycles. The highest BCUT2D eigenvalue weighted by molar-refractivity contribution is 7.89. The Morgan fingerprint density at radius 2 is 2.26 bits per heavy atom. The molecule has 9 heteroatoms. The largest absolute Gasteiger partial charge is 0.475 e. The molecule has 0 aliphatic rings. The second kappa shape index (κ2) is 5.24. The van der Waals surface area contributed by atoms with Crippen molar-refractivity contribution in [1.82, 2.24) is 14.3 Å². The van der Waals surface area contributed by atoms with Crippen LogP contribution >= 0.6 is 0 Å². The zero-order valence-electron chi connectivity index (χ0n) is 9.68. The summed E-state index contributed by atoms with van der Waals surface area (Å²) in [5.74, 6) is -1.74. The van der Waals surface area contributed by atoms with Gasteiger partial charge >= 0.3 is 5.97 Å². The van der Waals surface area contributed by atoms with Gasteiger partial charge in [0.15, 0.2) is 0 Å². The van der Waals surface area contributed by atoms with E-state index in [1.54, 1.807) is 23.3 Å². The summed E-state index contributed by atoms with van der Waals surface area (Å²) in [5, 5.41) is 8.22. The molecule has 2 rings (SSSR count). The topological polar surface area (TPSA) is 114 Å². The normalized spacial score (nSPS) is 11.6. The Bertz CT molecular complexity index is 659. The molecule has 0 unspecified atom stereocenters. The van der Waals surface area contributed by atoms with Crippen LogP contribution in [0.1, 0.15) is 10.6 Å². The number of rotatable bonds is 6. The molecule has 2 aromatic heterocycles. The summed E-state index contributed by atoms with van der Waals surface area (Å²) in [6.45, 7) is 0.549. The molecule has 0 saturated carbocycles. The van der Waals surface area contributed by atoms with Crippen LogP contribution in [0.5, 0.6) is 0 Å². The minimum Gasteiger partial charge on any atom is -0.475 e. The van der Waals surface area contributed by atoms with Crippen molar-refractivity contribution in [2.45, 2.75) is 11.6 Å². The van der Waals surface area contributed by atoms with Gasteiger partial charge in [-0.3, -0.25) is 0 Å². The molecule has 19 heavy (non-hydrogen) atoms. The van der Waals surface area contributed by atoms with Crippen molar-refractivity contribution in [2.75, 3.05) is 6.54 Å². The number of hydrogen-bond acceptors (Lipinski definition) is 5. The van der Waals surface area contributed by atoms with Gasteiger partial charge in [-0.15, -0.1) is 0 Å². The fourth-order valence-electron chi connectivity index (χ4n) is 1.38. The van der Waals surface area contributed by atoms with Gasteiger partial charge in [0.2, 0.25) is 10.9 Å². The van der Waals surface area contributed by atoms with Crippen molar-refractivity contribution < 1.29 is 22.7 Å². The van der Waals surface area contributed by atoms with Crippen molar-refractivity contribution in [3.63, 3.8) is 0 Å². The van der Waals surface area contributed by atoms with Gasteiger partial charge in [-0.2, -0.15) is 0 Å². The number of nitrogens with one attached hydrogen (secondary N) is 1. The van der Waals surface area contributed by atoms with E-state index in [1.165, 1.54) is 0 Å². The number of furan rings is 1. The minimum absolute atomic E-state index is 0.141. The van der Waals surface area contributed by atoms with Crippen LogP contribution in [0.15, 0.2) is 40.4 Å². The van der Waals surface area contributed by atoms with Crippen LogP contribution in [-0.4, -0.2) is 35.6 Å². The van der Waals surface area contributed by atoms with E-state index in [1.807, 2.05) is 0 Å². The first-order valence-corrected chi connectivity index (χ1v) is 6.76. The van der Waals surface area contributed by atoms with E-state index in [0.717, 1.165) is 12.1 Å². The number of carbonyl (C=O) groups is 1. The molecule has 0 aromatic carbocycles. The molecular formula is C10H11N3O5S. The van der Waals surface area contributed by atoms with E-state index >= 15 is 0 Å². The van der Waals surface area contributed by atoms with Gasteiger partial charge in [0.1, 0.15) is 0 Å². The van der Waals surface area contributed by atoms with Gasteiger partial charge in [-0.1, -0.05) is 0 Å². The van der Waals surface area contributed by atoms with Crippen molar-refractivity contribution in [3.8, 4) is 0 Å². The van der Waals surface area contributed by atoms with Crippen LogP contribution in [0.2, 0.25) is 0 Å². The molecule has 0 aliphatic carbocycles. The van der Waals surface area contributed by atoms with E-state index in [0.29, 0.717) is 6.54 Å². The number of aromatic nitrogens is 2. The first-order valence-electron chi connectivity index (χ1n) is 5.27. The van der Waals surface area contributed by atoms with E-state index in [4.69, 9.17) is 9.52 Å². The molecule has 0 atom stereocenters. The summed E-state index contributed by atoms with van der Waals surface area (Å²) >= 11 is 0. The summed E-state index contributed by atoms with van der Waals surface area (Å²) in [6.07, 6.45) is 4.84. The molecule has 8 nitrogen and oxygen atoms in total. The van der Waals surface area contributed by atoms with Crippen molar-refractivity contribution in [3.05, 3.63) is 36.6 Å². The van der Waals surface area contributed by atoms with Crippen molar-refractivity contribution in [1.29, 1.82) is 0 Å². The SMILES string of the molecule is O=C(O)c1ccc(S(=O)(=O)NCCn2ccnc2)o1. The van der Waals surface area contributed by atoms with Crippen LogP contribution in [0, 0.1) is 0 Å².